The van der Waals surface area contributed by atoms with Crippen molar-refractivity contribution >= 4 is 51.1 Å². The lowest BCUT2D eigenvalue weighted by Gasteiger charge is -2.17. The average Bonchev–Trinajstić information content (AvgIpc) is 3.75. The van der Waals surface area contributed by atoms with Crippen molar-refractivity contribution in [3.05, 3.63) is 108 Å². The zero-order valence-corrected chi connectivity index (χ0v) is 24.2. The predicted octanol–water partition coefficient (Wildman–Crippen LogP) is 6.71. The molecule has 218 valence electrons. The Morgan fingerprint density at radius 1 is 0.977 bits per heavy atom. The van der Waals surface area contributed by atoms with Crippen LogP contribution < -0.4 is 15.5 Å². The molecule has 2 N–H and O–H groups in total. The predicted molar refractivity (Wildman–Crippen MR) is 170 cm³/mol. The van der Waals surface area contributed by atoms with Crippen LogP contribution in [0.5, 0.6) is 0 Å². The Labute approximate surface area is 256 Å². The van der Waals surface area contributed by atoms with E-state index >= 15 is 0 Å². The smallest absolute Gasteiger partial charge is 0.228 e. The number of thiazole rings is 1. The Morgan fingerprint density at radius 3 is 2.70 bits per heavy atom. The fraction of sp³-hybridized carbons (Fsp3) is 0.121. The first-order valence-corrected chi connectivity index (χ1v) is 15.0. The number of aromatic nitrogens is 4. The molecular weight excluding hydrogens is 577 g/mol. The molecule has 0 saturated carbocycles. The summed E-state index contributed by atoms with van der Waals surface area (Å²) in [7, 11) is 0. The lowest BCUT2D eigenvalue weighted by atomic mass is 10.1. The van der Waals surface area contributed by atoms with E-state index in [1.165, 1.54) is 22.3 Å². The summed E-state index contributed by atoms with van der Waals surface area (Å²) in [6.07, 6.45) is 4.97. The molecule has 11 heteroatoms. The second kappa shape index (κ2) is 11.7. The van der Waals surface area contributed by atoms with Gasteiger partial charge < -0.3 is 15.5 Å². The van der Waals surface area contributed by atoms with Crippen LogP contribution >= 0.6 is 11.3 Å². The monoisotopic (exact) mass is 603 g/mol. The molecule has 1 fully saturated rings. The van der Waals surface area contributed by atoms with Crippen LogP contribution in [0.15, 0.2) is 96.6 Å². The maximum absolute atomic E-state index is 14.6. The molecule has 1 aliphatic heterocycles. The molecule has 0 radical (unpaired) electrons. The molecule has 0 bridgehead atoms. The third-order valence-corrected chi connectivity index (χ3v) is 8.11. The summed E-state index contributed by atoms with van der Waals surface area (Å²) in [5.74, 6) is -0.343. The second-order valence-corrected chi connectivity index (χ2v) is 11.2. The molecule has 2 amide bonds. The van der Waals surface area contributed by atoms with E-state index in [1.54, 1.807) is 24.4 Å². The molecule has 1 aliphatic rings. The maximum Gasteiger partial charge on any atom is 0.228 e. The number of imidazole rings is 1. The van der Waals surface area contributed by atoms with Crippen molar-refractivity contribution in [2.75, 3.05) is 22.1 Å². The number of nitrogens with one attached hydrogen (secondary N) is 2. The highest BCUT2D eigenvalue weighted by Gasteiger charge is 2.25. The number of benzene rings is 3. The number of fused-ring (bicyclic) bond motifs is 1. The SMILES string of the molecule is O=C(Cc1ccccc1)Nc1cccc(-c2nc3sccn3c2-c2ccnc(Nc3ccc(F)c(N4CCCC4=O)c3)n2)c1. The van der Waals surface area contributed by atoms with Gasteiger partial charge in [-0.3, -0.25) is 14.0 Å². The third kappa shape index (κ3) is 5.52. The average molecular weight is 604 g/mol. The highest BCUT2D eigenvalue weighted by molar-refractivity contribution is 7.15. The normalized spacial score (nSPS) is 13.0. The molecule has 44 heavy (non-hydrogen) atoms. The van der Waals surface area contributed by atoms with E-state index in [0.717, 1.165) is 21.8 Å². The van der Waals surface area contributed by atoms with Gasteiger partial charge in [0.15, 0.2) is 4.96 Å². The van der Waals surface area contributed by atoms with Crippen LogP contribution in [0.1, 0.15) is 18.4 Å². The number of amides is 2. The minimum absolute atomic E-state index is 0.0906. The van der Waals surface area contributed by atoms with Gasteiger partial charge in [-0.2, -0.15) is 0 Å². The van der Waals surface area contributed by atoms with Gasteiger partial charge in [-0.15, -0.1) is 11.3 Å². The van der Waals surface area contributed by atoms with Gasteiger partial charge in [-0.1, -0.05) is 42.5 Å². The van der Waals surface area contributed by atoms with Crippen molar-refractivity contribution in [1.29, 1.82) is 0 Å². The minimum Gasteiger partial charge on any atom is -0.326 e. The van der Waals surface area contributed by atoms with Crippen LogP contribution in [0, 0.1) is 5.82 Å². The van der Waals surface area contributed by atoms with Crippen LogP contribution in [-0.2, 0) is 16.0 Å². The fourth-order valence-electron chi connectivity index (χ4n) is 5.34. The van der Waals surface area contributed by atoms with Gasteiger partial charge in [0.1, 0.15) is 11.5 Å². The quantitative estimate of drug-likeness (QED) is 0.200. The van der Waals surface area contributed by atoms with E-state index in [0.29, 0.717) is 48.1 Å². The summed E-state index contributed by atoms with van der Waals surface area (Å²) in [4.78, 5) is 41.3. The van der Waals surface area contributed by atoms with Gasteiger partial charge in [0, 0.05) is 47.7 Å². The largest absolute Gasteiger partial charge is 0.326 e. The minimum atomic E-state index is -0.456. The summed E-state index contributed by atoms with van der Waals surface area (Å²) in [5, 5.41) is 8.11. The van der Waals surface area contributed by atoms with E-state index in [9.17, 15) is 14.0 Å². The summed E-state index contributed by atoms with van der Waals surface area (Å²) in [5.41, 5.74) is 5.32. The van der Waals surface area contributed by atoms with Crippen molar-refractivity contribution < 1.29 is 14.0 Å². The zero-order chi connectivity index (χ0) is 30.0. The van der Waals surface area contributed by atoms with Gasteiger partial charge in [0.2, 0.25) is 17.8 Å². The standard InChI is InChI=1S/C33H26FN7O2S/c34-25-12-11-24(20-27(25)40-15-5-10-29(40)43)37-32-35-14-13-26(38-32)31-30(39-33-41(31)16-17-44-33)22-8-4-9-23(19-22)36-28(42)18-21-6-2-1-3-7-21/h1-4,6-9,11-14,16-17,19-20H,5,10,15,18H2,(H,36,42)(H,35,37,38). The Bertz CT molecular complexity index is 2010. The first kappa shape index (κ1) is 27.4. The number of hydrogen-bond acceptors (Lipinski definition) is 7. The molecule has 0 atom stereocenters. The number of carbonyl (C=O) groups is 2. The summed E-state index contributed by atoms with van der Waals surface area (Å²) >= 11 is 1.51. The second-order valence-electron chi connectivity index (χ2n) is 10.4. The number of rotatable bonds is 8. The number of carbonyl (C=O) groups excluding carboxylic acids is 2. The van der Waals surface area contributed by atoms with Crippen molar-refractivity contribution in [2.45, 2.75) is 19.3 Å². The van der Waals surface area contributed by atoms with Crippen LogP contribution in [-0.4, -0.2) is 37.7 Å². The van der Waals surface area contributed by atoms with E-state index in [1.807, 2.05) is 70.6 Å². The Kier molecular flexibility index (Phi) is 7.29. The molecule has 6 aromatic rings. The van der Waals surface area contributed by atoms with E-state index in [-0.39, 0.29) is 23.9 Å². The fourth-order valence-corrected chi connectivity index (χ4v) is 6.06. The number of halogens is 1. The molecule has 0 spiro atoms. The van der Waals surface area contributed by atoms with Crippen molar-refractivity contribution in [3.8, 4) is 22.6 Å². The molecule has 3 aromatic carbocycles. The first-order valence-electron chi connectivity index (χ1n) is 14.1. The molecule has 0 aliphatic carbocycles. The van der Waals surface area contributed by atoms with Gasteiger partial charge in [0.05, 0.1) is 23.5 Å². The van der Waals surface area contributed by atoms with Crippen molar-refractivity contribution in [1.82, 2.24) is 19.4 Å². The summed E-state index contributed by atoms with van der Waals surface area (Å²) in [6, 6.07) is 23.5. The lowest BCUT2D eigenvalue weighted by molar-refractivity contribution is -0.117. The first-order chi connectivity index (χ1) is 21.5. The van der Waals surface area contributed by atoms with Gasteiger partial charge in [-0.05, 0) is 48.4 Å². The van der Waals surface area contributed by atoms with E-state index < -0.39 is 5.82 Å². The molecule has 3 aromatic heterocycles. The van der Waals surface area contributed by atoms with Gasteiger partial charge in [-0.25, -0.2) is 19.3 Å². The van der Waals surface area contributed by atoms with Crippen LogP contribution in [0.3, 0.4) is 0 Å². The molecule has 7 rings (SSSR count). The lowest BCUT2D eigenvalue weighted by Crippen LogP contribution is -2.24. The Hall–Kier alpha value is -5.42. The maximum atomic E-state index is 14.6. The molecule has 9 nitrogen and oxygen atoms in total. The topological polar surface area (TPSA) is 105 Å². The highest BCUT2D eigenvalue weighted by Crippen LogP contribution is 2.35. The summed E-state index contributed by atoms with van der Waals surface area (Å²) < 4.78 is 16.6. The van der Waals surface area contributed by atoms with Crippen LogP contribution in [0.2, 0.25) is 0 Å². The zero-order valence-electron chi connectivity index (χ0n) is 23.4. The Morgan fingerprint density at radius 2 is 1.86 bits per heavy atom. The van der Waals surface area contributed by atoms with Crippen LogP contribution in [0.4, 0.5) is 27.4 Å². The third-order valence-electron chi connectivity index (χ3n) is 7.35. The van der Waals surface area contributed by atoms with Crippen molar-refractivity contribution in [2.24, 2.45) is 0 Å². The number of anilines is 4. The molecular formula is C33H26FN7O2S. The van der Waals surface area contributed by atoms with Gasteiger partial charge in [0.25, 0.3) is 0 Å². The van der Waals surface area contributed by atoms with Crippen LogP contribution in [0.25, 0.3) is 27.6 Å². The Balaban J connectivity index is 1.18. The molecule has 1 saturated heterocycles. The molecule has 4 heterocycles. The highest BCUT2D eigenvalue weighted by atomic mass is 32.1. The molecule has 0 unspecified atom stereocenters. The van der Waals surface area contributed by atoms with Gasteiger partial charge >= 0.3 is 0 Å². The van der Waals surface area contributed by atoms with E-state index in [4.69, 9.17) is 9.97 Å². The summed E-state index contributed by atoms with van der Waals surface area (Å²) in [6.45, 7) is 0.490. The number of nitrogens with zero attached hydrogens (tertiary/aromatic N) is 5. The number of hydrogen-bond donors (Lipinski definition) is 2. The van der Waals surface area contributed by atoms with E-state index in [2.05, 4.69) is 15.6 Å². The van der Waals surface area contributed by atoms with Crippen molar-refractivity contribution in [3.63, 3.8) is 0 Å².